The Morgan fingerprint density at radius 3 is 1.79 bits per heavy atom. The molecule has 0 aliphatic heterocycles. The van der Waals surface area contributed by atoms with Crippen molar-refractivity contribution < 1.29 is 16.8 Å². The van der Waals surface area contributed by atoms with Gasteiger partial charge in [0.05, 0.1) is 21.7 Å². The molecule has 43 heavy (non-hydrogen) atoms. The minimum atomic E-state index is -3.97. The van der Waals surface area contributed by atoms with E-state index in [1.54, 1.807) is 66.7 Å². The van der Waals surface area contributed by atoms with Crippen LogP contribution in [0.3, 0.4) is 0 Å². The van der Waals surface area contributed by atoms with Crippen LogP contribution in [0.1, 0.15) is 0 Å². The number of anilines is 2. The molecule has 0 saturated heterocycles. The second-order valence-electron chi connectivity index (χ2n) is 9.77. The zero-order chi connectivity index (χ0) is 29.6. The molecular weight excluding hydrogens is 585 g/mol. The lowest BCUT2D eigenvalue weighted by molar-refractivity contribution is 0.600. The van der Waals surface area contributed by atoms with Crippen LogP contribution in [0, 0.1) is 0 Å². The Kier molecular flexibility index (Phi) is 6.29. The lowest BCUT2D eigenvalue weighted by atomic mass is 10.1. The van der Waals surface area contributed by atoms with E-state index in [0.717, 1.165) is 10.8 Å². The molecule has 10 nitrogen and oxygen atoms in total. The largest absolute Gasteiger partial charge is 0.280 e. The maximum Gasteiger partial charge on any atom is 0.263 e. The molecule has 3 N–H and O–H groups in total. The van der Waals surface area contributed by atoms with Crippen molar-refractivity contribution in [3.63, 3.8) is 0 Å². The van der Waals surface area contributed by atoms with Gasteiger partial charge in [-0.1, -0.05) is 84.9 Å². The molecule has 212 valence electrons. The molecule has 5 aromatic carbocycles. The topological polar surface area (TPSA) is 147 Å². The summed E-state index contributed by atoms with van der Waals surface area (Å²) in [6.07, 6.45) is 1.50. The molecule has 0 bridgehead atoms. The van der Waals surface area contributed by atoms with Crippen molar-refractivity contribution in [1.82, 2.24) is 20.2 Å². The van der Waals surface area contributed by atoms with Crippen LogP contribution in [0.25, 0.3) is 44.0 Å². The van der Waals surface area contributed by atoms with Crippen molar-refractivity contribution in [2.45, 2.75) is 9.79 Å². The zero-order valence-corrected chi connectivity index (χ0v) is 23.9. The average Bonchev–Trinajstić information content (AvgIpc) is 3.41. The van der Waals surface area contributed by atoms with Crippen LogP contribution in [0.4, 0.5) is 11.5 Å². The van der Waals surface area contributed by atoms with E-state index in [1.807, 2.05) is 36.4 Å². The van der Waals surface area contributed by atoms with E-state index in [-0.39, 0.29) is 26.8 Å². The van der Waals surface area contributed by atoms with E-state index in [1.165, 1.54) is 12.3 Å². The van der Waals surface area contributed by atoms with E-state index < -0.39 is 20.0 Å². The molecule has 0 aliphatic carbocycles. The molecule has 0 saturated carbocycles. The summed E-state index contributed by atoms with van der Waals surface area (Å²) in [4.78, 5) is 9.28. The highest BCUT2D eigenvalue weighted by molar-refractivity contribution is 7.93. The first-order valence-corrected chi connectivity index (χ1v) is 16.1. The SMILES string of the molecule is O=S(=O)(Nc1ccc(-c2cnc3c(NS(=O)(=O)c4cccc5ccccc45)n[nH]c3n2)cc1)c1cccc2ccccc12. The van der Waals surface area contributed by atoms with Gasteiger partial charge in [0, 0.05) is 22.0 Å². The third-order valence-electron chi connectivity index (χ3n) is 7.01. The van der Waals surface area contributed by atoms with Crippen molar-refractivity contribution in [3.05, 3.63) is 115 Å². The second-order valence-corrected chi connectivity index (χ2v) is 13.1. The summed E-state index contributed by atoms with van der Waals surface area (Å²) in [5, 5.41) is 9.71. The standard InChI is InChI=1S/C31H22N6O4S2/c38-42(39,27-13-5-9-20-7-1-3-11-24(20)27)36-23-17-15-22(16-18-23)26-19-32-29-30(33-26)34-35-31(29)37-43(40,41)28-14-6-10-21-8-2-4-12-25(21)28/h1-19,36H,(H2,33,34,35,37). The highest BCUT2D eigenvalue weighted by Gasteiger charge is 2.21. The number of hydrogen-bond donors (Lipinski definition) is 3. The molecule has 0 radical (unpaired) electrons. The smallest absolute Gasteiger partial charge is 0.263 e. The third-order valence-corrected chi connectivity index (χ3v) is 9.85. The number of benzene rings is 5. The third kappa shape index (κ3) is 4.92. The van der Waals surface area contributed by atoms with E-state index in [2.05, 4.69) is 29.6 Å². The molecule has 0 aliphatic rings. The molecule has 0 spiro atoms. The quantitative estimate of drug-likeness (QED) is 0.204. The number of aromatic amines is 1. The van der Waals surface area contributed by atoms with Crippen molar-refractivity contribution in [2.24, 2.45) is 0 Å². The van der Waals surface area contributed by atoms with Crippen molar-refractivity contribution in [1.29, 1.82) is 0 Å². The molecule has 0 fully saturated rings. The van der Waals surface area contributed by atoms with E-state index >= 15 is 0 Å². The summed E-state index contributed by atoms with van der Waals surface area (Å²) in [5.74, 6) is 0.0279. The van der Waals surface area contributed by atoms with E-state index in [0.29, 0.717) is 27.7 Å². The van der Waals surface area contributed by atoms with Crippen LogP contribution < -0.4 is 9.44 Å². The predicted octanol–water partition coefficient (Wildman–Crippen LogP) is 5.93. The monoisotopic (exact) mass is 606 g/mol. The van der Waals surface area contributed by atoms with Crippen LogP contribution in [0.2, 0.25) is 0 Å². The fraction of sp³-hybridized carbons (Fsp3) is 0. The highest BCUT2D eigenvalue weighted by Crippen LogP contribution is 2.29. The van der Waals surface area contributed by atoms with Gasteiger partial charge >= 0.3 is 0 Å². The lowest BCUT2D eigenvalue weighted by Gasteiger charge is -2.11. The Balaban J connectivity index is 1.13. The highest BCUT2D eigenvalue weighted by atomic mass is 32.2. The van der Waals surface area contributed by atoms with Gasteiger partial charge in [-0.15, -0.1) is 0 Å². The van der Waals surface area contributed by atoms with Crippen LogP contribution >= 0.6 is 0 Å². The van der Waals surface area contributed by atoms with Crippen molar-refractivity contribution in [2.75, 3.05) is 9.44 Å². The predicted molar refractivity (Wildman–Crippen MR) is 167 cm³/mol. The van der Waals surface area contributed by atoms with E-state index in [4.69, 9.17) is 0 Å². The Morgan fingerprint density at radius 2 is 1.16 bits per heavy atom. The normalized spacial score (nSPS) is 12.1. The van der Waals surface area contributed by atoms with Crippen LogP contribution in [0.15, 0.2) is 125 Å². The van der Waals surface area contributed by atoms with Gasteiger partial charge in [0.25, 0.3) is 20.0 Å². The van der Waals surface area contributed by atoms with Gasteiger partial charge in [-0.3, -0.25) is 14.5 Å². The average molecular weight is 607 g/mol. The number of nitrogens with zero attached hydrogens (tertiary/aromatic N) is 3. The summed E-state index contributed by atoms with van der Waals surface area (Å²) < 4.78 is 58.1. The van der Waals surface area contributed by atoms with Crippen molar-refractivity contribution in [3.8, 4) is 11.3 Å². The fourth-order valence-corrected chi connectivity index (χ4v) is 7.50. The minimum Gasteiger partial charge on any atom is -0.280 e. The first kappa shape index (κ1) is 26.6. The Morgan fingerprint density at radius 1 is 0.605 bits per heavy atom. The Labute approximate surface area is 246 Å². The van der Waals surface area contributed by atoms with Crippen LogP contribution in [-0.4, -0.2) is 37.0 Å². The molecule has 2 aromatic heterocycles. The van der Waals surface area contributed by atoms with Gasteiger partial charge in [-0.25, -0.2) is 26.8 Å². The first-order chi connectivity index (χ1) is 20.8. The number of fused-ring (bicyclic) bond motifs is 3. The number of nitrogens with one attached hydrogen (secondary N) is 3. The fourth-order valence-electron chi connectivity index (χ4n) is 4.97. The molecule has 2 heterocycles. The summed E-state index contributed by atoms with van der Waals surface area (Å²) in [6.45, 7) is 0. The van der Waals surface area contributed by atoms with Crippen LogP contribution in [0.5, 0.6) is 0 Å². The summed E-state index contributed by atoms with van der Waals surface area (Å²) in [5.41, 5.74) is 2.09. The molecule has 7 rings (SSSR count). The molecule has 12 heteroatoms. The maximum atomic E-state index is 13.3. The second kappa shape index (κ2) is 10.2. The van der Waals surface area contributed by atoms with Crippen molar-refractivity contribution >= 4 is 64.3 Å². The molecule has 0 atom stereocenters. The molecule has 0 amide bonds. The summed E-state index contributed by atoms with van der Waals surface area (Å²) in [6, 6.07) is 31.5. The molecule has 0 unspecified atom stereocenters. The van der Waals surface area contributed by atoms with Gasteiger partial charge in [-0.05, 0) is 35.0 Å². The molecular formula is C31H22N6O4S2. The molecule has 7 aromatic rings. The summed E-state index contributed by atoms with van der Waals surface area (Å²) >= 11 is 0. The van der Waals surface area contributed by atoms with Gasteiger partial charge in [0.2, 0.25) is 0 Å². The van der Waals surface area contributed by atoms with Gasteiger partial charge < -0.3 is 0 Å². The Hall–Kier alpha value is -5.33. The van der Waals surface area contributed by atoms with Gasteiger partial charge in [0.15, 0.2) is 17.0 Å². The zero-order valence-electron chi connectivity index (χ0n) is 22.3. The van der Waals surface area contributed by atoms with Gasteiger partial charge in [0.1, 0.15) is 0 Å². The van der Waals surface area contributed by atoms with E-state index in [9.17, 15) is 16.8 Å². The van der Waals surface area contributed by atoms with Gasteiger partial charge in [-0.2, -0.15) is 5.10 Å². The Bertz CT molecular complexity index is 2380. The number of hydrogen-bond acceptors (Lipinski definition) is 7. The lowest BCUT2D eigenvalue weighted by Crippen LogP contribution is -2.14. The number of sulfonamides is 2. The number of rotatable bonds is 7. The maximum absolute atomic E-state index is 13.3. The number of aromatic nitrogens is 4. The number of H-pyrrole nitrogens is 1. The first-order valence-electron chi connectivity index (χ1n) is 13.1. The summed E-state index contributed by atoms with van der Waals surface area (Å²) in [7, 11) is -7.81. The minimum absolute atomic E-state index is 0.0279. The van der Waals surface area contributed by atoms with Crippen LogP contribution in [-0.2, 0) is 20.0 Å².